The maximum Gasteiger partial charge on any atom is 0.246 e. The van der Waals surface area contributed by atoms with Gasteiger partial charge in [-0.15, -0.1) is 0 Å². The second-order valence-electron chi connectivity index (χ2n) is 7.87. The molecule has 1 N–H and O–H groups in total. The number of carbonyl (C=O) groups excluding carboxylic acids is 3. The van der Waals surface area contributed by atoms with Crippen LogP contribution in [-0.2, 0) is 27.2 Å². The number of thioether (sulfide) groups is 2. The third-order valence-corrected chi connectivity index (χ3v) is 7.75. The highest BCUT2D eigenvalue weighted by atomic mass is 32.2. The first-order valence-corrected chi connectivity index (χ1v) is 12.5. The van der Waals surface area contributed by atoms with Crippen LogP contribution in [0.25, 0.3) is 0 Å². The van der Waals surface area contributed by atoms with Crippen molar-refractivity contribution in [1.29, 1.82) is 0 Å². The Kier molecular flexibility index (Phi) is 7.02. The van der Waals surface area contributed by atoms with Gasteiger partial charge in [0.2, 0.25) is 11.8 Å². The first-order valence-electron chi connectivity index (χ1n) is 10.5. The normalized spacial score (nSPS) is 21.5. The number of nitrogens with one attached hydrogen (secondary N) is 1. The lowest BCUT2D eigenvalue weighted by atomic mass is 9.98. The van der Waals surface area contributed by atoms with Crippen LogP contribution in [0.15, 0.2) is 54.6 Å². The zero-order valence-electron chi connectivity index (χ0n) is 17.5. The van der Waals surface area contributed by atoms with Crippen molar-refractivity contribution < 1.29 is 14.4 Å². The number of carbonyl (C=O) groups is 3. The summed E-state index contributed by atoms with van der Waals surface area (Å²) in [6.07, 6.45) is 0.915. The largest absolute Gasteiger partial charge is 0.343 e. The van der Waals surface area contributed by atoms with E-state index in [1.54, 1.807) is 0 Å². The minimum atomic E-state index is -0.618. The molecule has 0 aliphatic carbocycles. The molecule has 5 nitrogen and oxygen atoms in total. The first kappa shape index (κ1) is 22.0. The number of hydrogen-bond acceptors (Lipinski definition) is 5. The van der Waals surface area contributed by atoms with Crippen LogP contribution in [-0.4, -0.2) is 51.2 Å². The number of fused-ring (bicyclic) bond motifs is 3. The van der Waals surface area contributed by atoms with E-state index in [4.69, 9.17) is 0 Å². The highest BCUT2D eigenvalue weighted by Crippen LogP contribution is 2.35. The average Bonchev–Trinajstić information content (AvgIpc) is 2.89. The Morgan fingerprint density at radius 3 is 2.68 bits per heavy atom. The predicted octanol–water partition coefficient (Wildman–Crippen LogP) is 3.24. The van der Waals surface area contributed by atoms with Gasteiger partial charge in [0.1, 0.15) is 6.04 Å². The van der Waals surface area contributed by atoms with Crippen LogP contribution in [0.5, 0.6) is 0 Å². The second-order valence-corrected chi connectivity index (χ2v) is 10.4. The summed E-state index contributed by atoms with van der Waals surface area (Å²) in [5, 5.41) is 2.32. The molecule has 2 aromatic carbocycles. The minimum absolute atomic E-state index is 0.0267. The van der Waals surface area contributed by atoms with Crippen LogP contribution >= 0.6 is 23.5 Å². The zero-order valence-corrected chi connectivity index (χ0v) is 19.1. The molecular formula is C24H26N2O3S2. The van der Waals surface area contributed by atoms with Crippen LogP contribution < -0.4 is 5.32 Å². The summed E-state index contributed by atoms with van der Waals surface area (Å²) in [6.45, 7) is 2.16. The standard InChI is InChI=1S/C24H26N2O3S2/c1-16(27)31-22(13-17-7-3-2-4-8-17)23(28)25-20-14-18-9-5-6-10-19(18)21-15-30-12-11-26(21)24(20)29/h2-10,20-22H,11-15H2,1H3,(H,25,28)/t20?,21?,22-/m0/s1. The van der Waals surface area contributed by atoms with Crippen molar-refractivity contribution in [2.24, 2.45) is 0 Å². The van der Waals surface area contributed by atoms with Crippen molar-refractivity contribution >= 4 is 40.5 Å². The first-order chi connectivity index (χ1) is 15.0. The van der Waals surface area contributed by atoms with Gasteiger partial charge in [0.25, 0.3) is 0 Å². The van der Waals surface area contributed by atoms with Gasteiger partial charge in [-0.05, 0) is 23.1 Å². The Morgan fingerprint density at radius 1 is 1.16 bits per heavy atom. The molecule has 2 unspecified atom stereocenters. The maximum atomic E-state index is 13.4. The lowest BCUT2D eigenvalue weighted by molar-refractivity contribution is -0.137. The van der Waals surface area contributed by atoms with Gasteiger partial charge in [0, 0.05) is 31.4 Å². The Labute approximate surface area is 191 Å². The lowest BCUT2D eigenvalue weighted by Gasteiger charge is -2.36. The van der Waals surface area contributed by atoms with Crippen molar-refractivity contribution in [3.8, 4) is 0 Å². The molecular weight excluding hydrogens is 428 g/mol. The molecule has 0 aromatic heterocycles. The molecule has 7 heteroatoms. The van der Waals surface area contributed by atoms with Gasteiger partial charge < -0.3 is 10.2 Å². The van der Waals surface area contributed by atoms with Crippen molar-refractivity contribution in [2.75, 3.05) is 18.1 Å². The lowest BCUT2D eigenvalue weighted by Crippen LogP contribution is -2.52. The molecule has 0 saturated carbocycles. The van der Waals surface area contributed by atoms with Crippen LogP contribution in [0, 0.1) is 0 Å². The molecule has 162 valence electrons. The Bertz CT molecular complexity index is 966. The summed E-state index contributed by atoms with van der Waals surface area (Å²) in [6, 6.07) is 17.2. The highest BCUT2D eigenvalue weighted by Gasteiger charge is 2.38. The van der Waals surface area contributed by atoms with Crippen LogP contribution in [0.3, 0.4) is 0 Å². The summed E-state index contributed by atoms with van der Waals surface area (Å²) in [5.74, 6) is 1.49. The summed E-state index contributed by atoms with van der Waals surface area (Å²) in [5.41, 5.74) is 3.27. The van der Waals surface area contributed by atoms with Gasteiger partial charge in [-0.25, -0.2) is 0 Å². The zero-order chi connectivity index (χ0) is 21.8. The topological polar surface area (TPSA) is 66.5 Å². The van der Waals surface area contributed by atoms with E-state index in [-0.39, 0.29) is 23.0 Å². The summed E-state index contributed by atoms with van der Waals surface area (Å²) in [7, 11) is 0. The third-order valence-electron chi connectivity index (χ3n) is 5.73. The summed E-state index contributed by atoms with van der Waals surface area (Å²) in [4.78, 5) is 40.4. The SMILES string of the molecule is CC(=O)S[C@@H](Cc1ccccc1)C(=O)NC1Cc2ccccc2C2CSCCN2C1=O. The van der Waals surface area contributed by atoms with Gasteiger partial charge >= 0.3 is 0 Å². The van der Waals surface area contributed by atoms with E-state index >= 15 is 0 Å². The number of amides is 2. The van der Waals surface area contributed by atoms with E-state index in [0.717, 1.165) is 34.4 Å². The van der Waals surface area contributed by atoms with E-state index < -0.39 is 11.3 Å². The molecule has 2 aliphatic rings. The Morgan fingerprint density at radius 2 is 1.90 bits per heavy atom. The van der Waals surface area contributed by atoms with E-state index in [0.29, 0.717) is 19.4 Å². The van der Waals surface area contributed by atoms with Gasteiger partial charge in [-0.3, -0.25) is 14.4 Å². The quantitative estimate of drug-likeness (QED) is 0.751. The van der Waals surface area contributed by atoms with Crippen molar-refractivity contribution in [2.45, 2.75) is 37.1 Å². The van der Waals surface area contributed by atoms with Gasteiger partial charge in [-0.2, -0.15) is 11.8 Å². The Balaban J connectivity index is 1.56. The van der Waals surface area contributed by atoms with E-state index in [1.165, 1.54) is 12.5 Å². The van der Waals surface area contributed by atoms with E-state index in [1.807, 2.05) is 59.1 Å². The fraction of sp³-hybridized carbons (Fsp3) is 0.375. The molecule has 2 aromatic rings. The van der Waals surface area contributed by atoms with Gasteiger partial charge in [0.15, 0.2) is 5.12 Å². The molecule has 2 amide bonds. The smallest absolute Gasteiger partial charge is 0.246 e. The second kappa shape index (κ2) is 9.92. The number of benzene rings is 2. The van der Waals surface area contributed by atoms with Gasteiger partial charge in [-0.1, -0.05) is 66.4 Å². The fourth-order valence-corrected chi connectivity index (χ4v) is 6.20. The summed E-state index contributed by atoms with van der Waals surface area (Å²) >= 11 is 2.89. The number of nitrogens with zero attached hydrogens (tertiary/aromatic N) is 1. The third kappa shape index (κ3) is 5.15. The molecule has 0 spiro atoms. The molecule has 1 saturated heterocycles. The van der Waals surface area contributed by atoms with Crippen LogP contribution in [0.1, 0.15) is 29.7 Å². The summed E-state index contributed by atoms with van der Waals surface area (Å²) < 4.78 is 0. The van der Waals surface area contributed by atoms with Crippen molar-refractivity contribution in [1.82, 2.24) is 10.2 Å². The Hall–Kier alpha value is -2.25. The molecule has 0 bridgehead atoms. The molecule has 0 radical (unpaired) electrons. The maximum absolute atomic E-state index is 13.4. The van der Waals surface area contributed by atoms with E-state index in [2.05, 4.69) is 17.4 Å². The molecule has 1 fully saturated rings. The van der Waals surface area contributed by atoms with Crippen molar-refractivity contribution in [3.05, 3.63) is 71.3 Å². The monoisotopic (exact) mass is 454 g/mol. The van der Waals surface area contributed by atoms with E-state index in [9.17, 15) is 14.4 Å². The molecule has 31 heavy (non-hydrogen) atoms. The van der Waals surface area contributed by atoms with Crippen molar-refractivity contribution in [3.63, 3.8) is 0 Å². The predicted molar refractivity (Wildman–Crippen MR) is 126 cm³/mol. The number of rotatable bonds is 5. The minimum Gasteiger partial charge on any atom is -0.343 e. The van der Waals surface area contributed by atoms with Gasteiger partial charge in [0.05, 0.1) is 11.3 Å². The molecule has 2 heterocycles. The fourth-order valence-electron chi connectivity index (χ4n) is 4.27. The highest BCUT2D eigenvalue weighted by molar-refractivity contribution is 8.14. The van der Waals surface area contributed by atoms with Crippen LogP contribution in [0.4, 0.5) is 0 Å². The molecule has 4 rings (SSSR count). The van der Waals surface area contributed by atoms with Crippen LogP contribution in [0.2, 0.25) is 0 Å². The average molecular weight is 455 g/mol. The molecule has 3 atom stereocenters. The molecule has 2 aliphatic heterocycles. The number of hydrogen-bond donors (Lipinski definition) is 1.